The lowest BCUT2D eigenvalue weighted by Gasteiger charge is -2.06. The molecule has 0 amide bonds. The fraction of sp³-hybridized carbons (Fsp3) is 0.333. The molecule has 1 aromatic carbocycles. The van der Waals surface area contributed by atoms with E-state index in [4.69, 9.17) is 5.73 Å². The molecule has 1 rings (SSSR count). The Morgan fingerprint density at radius 2 is 1.86 bits per heavy atom. The summed E-state index contributed by atoms with van der Waals surface area (Å²) < 4.78 is 1.38. The third-order valence-electron chi connectivity index (χ3n) is 1.73. The summed E-state index contributed by atoms with van der Waals surface area (Å²) in [5.41, 5.74) is 6.45. The Bertz CT molecular complexity index is 295. The molecule has 0 bridgehead atoms. The SMILES string of the molecule is NCCNCc1cc(Br)c(O)c(Br)c1. The zero-order valence-corrected chi connectivity index (χ0v) is 10.7. The van der Waals surface area contributed by atoms with Crippen LogP contribution in [0.15, 0.2) is 21.1 Å². The van der Waals surface area contributed by atoms with Gasteiger partial charge in [0.15, 0.2) is 0 Å². The van der Waals surface area contributed by atoms with Crippen molar-refractivity contribution in [3.05, 3.63) is 26.6 Å². The molecule has 14 heavy (non-hydrogen) atoms. The predicted molar refractivity (Wildman–Crippen MR) is 64.3 cm³/mol. The molecule has 5 heteroatoms. The largest absolute Gasteiger partial charge is 0.506 e. The van der Waals surface area contributed by atoms with Crippen LogP contribution < -0.4 is 11.1 Å². The van der Waals surface area contributed by atoms with E-state index in [2.05, 4.69) is 37.2 Å². The summed E-state index contributed by atoms with van der Waals surface area (Å²) in [6.07, 6.45) is 0. The first-order chi connectivity index (χ1) is 6.65. The first-order valence-corrected chi connectivity index (χ1v) is 5.81. The highest BCUT2D eigenvalue weighted by Gasteiger charge is 2.05. The Kier molecular flexibility index (Phi) is 4.88. The summed E-state index contributed by atoms with van der Waals surface area (Å²) in [6.45, 7) is 2.16. The molecule has 0 radical (unpaired) electrons. The van der Waals surface area contributed by atoms with Gasteiger partial charge in [-0.15, -0.1) is 0 Å². The lowest BCUT2D eigenvalue weighted by Crippen LogP contribution is -2.21. The summed E-state index contributed by atoms with van der Waals surface area (Å²) in [4.78, 5) is 0. The lowest BCUT2D eigenvalue weighted by molar-refractivity contribution is 0.468. The van der Waals surface area contributed by atoms with Crippen LogP contribution in [-0.4, -0.2) is 18.2 Å². The summed E-state index contributed by atoms with van der Waals surface area (Å²) in [7, 11) is 0. The molecule has 3 nitrogen and oxygen atoms in total. The van der Waals surface area contributed by atoms with Crippen molar-refractivity contribution in [3.63, 3.8) is 0 Å². The van der Waals surface area contributed by atoms with Gasteiger partial charge in [-0.05, 0) is 49.6 Å². The molecule has 0 aliphatic heterocycles. The second-order valence-electron chi connectivity index (χ2n) is 2.87. The van der Waals surface area contributed by atoms with Gasteiger partial charge in [-0.1, -0.05) is 0 Å². The van der Waals surface area contributed by atoms with Crippen LogP contribution in [0.1, 0.15) is 5.56 Å². The van der Waals surface area contributed by atoms with E-state index >= 15 is 0 Å². The maximum Gasteiger partial charge on any atom is 0.143 e. The molecule has 0 aliphatic carbocycles. The van der Waals surface area contributed by atoms with Gasteiger partial charge in [0.1, 0.15) is 5.75 Å². The van der Waals surface area contributed by atoms with E-state index in [-0.39, 0.29) is 5.75 Å². The van der Waals surface area contributed by atoms with E-state index in [1.807, 2.05) is 12.1 Å². The van der Waals surface area contributed by atoms with Gasteiger partial charge in [-0.25, -0.2) is 0 Å². The monoisotopic (exact) mass is 322 g/mol. The molecule has 4 N–H and O–H groups in total. The predicted octanol–water partition coefficient (Wildman–Crippen LogP) is 1.97. The van der Waals surface area contributed by atoms with E-state index < -0.39 is 0 Å². The maximum atomic E-state index is 9.47. The minimum atomic E-state index is 0.229. The van der Waals surface area contributed by atoms with E-state index in [0.717, 1.165) is 18.7 Å². The number of aromatic hydroxyl groups is 1. The standard InChI is InChI=1S/C9H12Br2N2O/c10-7-3-6(5-13-2-1-12)4-8(11)9(7)14/h3-4,13-14H,1-2,5,12H2. The number of nitrogens with one attached hydrogen (secondary N) is 1. The third kappa shape index (κ3) is 3.24. The zero-order valence-electron chi connectivity index (χ0n) is 7.56. The Labute approximate surface area is 99.9 Å². The highest BCUT2D eigenvalue weighted by atomic mass is 79.9. The van der Waals surface area contributed by atoms with Crippen LogP contribution >= 0.6 is 31.9 Å². The molecule has 0 saturated carbocycles. The second kappa shape index (κ2) is 5.70. The average molecular weight is 324 g/mol. The van der Waals surface area contributed by atoms with Crippen molar-refractivity contribution in [2.45, 2.75) is 6.54 Å². The van der Waals surface area contributed by atoms with E-state index in [1.54, 1.807) is 0 Å². The average Bonchev–Trinajstić information content (AvgIpc) is 2.14. The minimum absolute atomic E-state index is 0.229. The molecule has 0 fully saturated rings. The van der Waals surface area contributed by atoms with Crippen LogP contribution in [0.3, 0.4) is 0 Å². The molecule has 0 aliphatic rings. The van der Waals surface area contributed by atoms with Crippen molar-refractivity contribution in [1.29, 1.82) is 0 Å². The Morgan fingerprint density at radius 1 is 1.29 bits per heavy atom. The molecular weight excluding hydrogens is 312 g/mol. The number of hydrogen-bond donors (Lipinski definition) is 3. The number of nitrogens with two attached hydrogens (primary N) is 1. The van der Waals surface area contributed by atoms with Crippen LogP contribution in [0.4, 0.5) is 0 Å². The first-order valence-electron chi connectivity index (χ1n) is 4.23. The van der Waals surface area contributed by atoms with E-state index in [1.165, 1.54) is 0 Å². The van der Waals surface area contributed by atoms with Crippen molar-refractivity contribution in [2.24, 2.45) is 5.73 Å². The molecule has 1 aromatic rings. The van der Waals surface area contributed by atoms with Gasteiger partial charge >= 0.3 is 0 Å². The van der Waals surface area contributed by atoms with Crippen molar-refractivity contribution in [1.82, 2.24) is 5.32 Å². The van der Waals surface area contributed by atoms with Gasteiger partial charge < -0.3 is 16.2 Å². The fourth-order valence-corrected chi connectivity index (χ4v) is 2.34. The lowest BCUT2D eigenvalue weighted by atomic mass is 10.2. The number of phenols is 1. The van der Waals surface area contributed by atoms with Crippen LogP contribution in [-0.2, 0) is 6.54 Å². The molecule has 0 aromatic heterocycles. The maximum absolute atomic E-state index is 9.47. The van der Waals surface area contributed by atoms with Crippen LogP contribution in [0, 0.1) is 0 Å². The van der Waals surface area contributed by atoms with Gasteiger partial charge in [0.2, 0.25) is 0 Å². The van der Waals surface area contributed by atoms with Gasteiger partial charge in [0.05, 0.1) is 8.95 Å². The van der Waals surface area contributed by atoms with Gasteiger partial charge in [0.25, 0.3) is 0 Å². The topological polar surface area (TPSA) is 58.3 Å². The molecular formula is C9H12Br2N2O. The van der Waals surface area contributed by atoms with Crippen molar-refractivity contribution in [2.75, 3.05) is 13.1 Å². The van der Waals surface area contributed by atoms with Gasteiger partial charge in [-0.3, -0.25) is 0 Å². The Balaban J connectivity index is 2.69. The Hall–Kier alpha value is -0.100. The molecule has 0 saturated heterocycles. The molecule has 0 spiro atoms. The number of halogens is 2. The number of hydrogen-bond acceptors (Lipinski definition) is 3. The first kappa shape index (κ1) is 12.0. The summed E-state index contributed by atoms with van der Waals surface area (Å²) in [5.74, 6) is 0.229. The normalized spacial score (nSPS) is 10.5. The number of benzene rings is 1. The summed E-state index contributed by atoms with van der Waals surface area (Å²) in [5, 5.41) is 12.6. The molecule has 0 unspecified atom stereocenters. The highest BCUT2D eigenvalue weighted by Crippen LogP contribution is 2.33. The minimum Gasteiger partial charge on any atom is -0.506 e. The van der Waals surface area contributed by atoms with Crippen molar-refractivity contribution >= 4 is 31.9 Å². The zero-order chi connectivity index (χ0) is 10.6. The van der Waals surface area contributed by atoms with Crippen LogP contribution in [0.25, 0.3) is 0 Å². The molecule has 0 atom stereocenters. The van der Waals surface area contributed by atoms with Gasteiger partial charge in [-0.2, -0.15) is 0 Å². The fourth-order valence-electron chi connectivity index (χ4n) is 1.05. The van der Waals surface area contributed by atoms with E-state index in [0.29, 0.717) is 15.5 Å². The Morgan fingerprint density at radius 3 is 2.36 bits per heavy atom. The quantitative estimate of drug-likeness (QED) is 0.742. The molecule has 0 heterocycles. The number of rotatable bonds is 4. The van der Waals surface area contributed by atoms with Crippen LogP contribution in [0.2, 0.25) is 0 Å². The molecule has 78 valence electrons. The number of phenolic OH excluding ortho intramolecular Hbond substituents is 1. The highest BCUT2D eigenvalue weighted by molar-refractivity contribution is 9.11. The third-order valence-corrected chi connectivity index (χ3v) is 2.94. The van der Waals surface area contributed by atoms with Crippen molar-refractivity contribution in [3.8, 4) is 5.75 Å². The van der Waals surface area contributed by atoms with Crippen LogP contribution in [0.5, 0.6) is 5.75 Å². The summed E-state index contributed by atoms with van der Waals surface area (Å²) >= 11 is 6.55. The van der Waals surface area contributed by atoms with Crippen molar-refractivity contribution < 1.29 is 5.11 Å². The second-order valence-corrected chi connectivity index (χ2v) is 4.58. The summed E-state index contributed by atoms with van der Waals surface area (Å²) in [6, 6.07) is 3.76. The van der Waals surface area contributed by atoms with E-state index in [9.17, 15) is 5.11 Å². The smallest absolute Gasteiger partial charge is 0.143 e. The van der Waals surface area contributed by atoms with Gasteiger partial charge in [0, 0.05) is 19.6 Å².